The average molecular weight is 174 g/mol. The molecular weight excluding hydrogens is 156 g/mol. The van der Waals surface area contributed by atoms with Crippen LogP contribution < -0.4 is 0 Å². The highest BCUT2D eigenvalue weighted by molar-refractivity contribution is 5.56. The SMILES string of the molecule is CCCCCCC(C)OC(=O)O. The van der Waals surface area contributed by atoms with Gasteiger partial charge < -0.3 is 9.84 Å². The van der Waals surface area contributed by atoms with Gasteiger partial charge in [0, 0.05) is 0 Å². The Hall–Kier alpha value is -0.730. The molecule has 0 aromatic carbocycles. The summed E-state index contributed by atoms with van der Waals surface area (Å²) in [5.74, 6) is 0. The van der Waals surface area contributed by atoms with Crippen molar-refractivity contribution in [3.8, 4) is 0 Å². The Kier molecular flexibility index (Phi) is 6.53. The van der Waals surface area contributed by atoms with Gasteiger partial charge in [0.2, 0.25) is 0 Å². The molecule has 0 aliphatic carbocycles. The summed E-state index contributed by atoms with van der Waals surface area (Å²) in [6.45, 7) is 3.94. The van der Waals surface area contributed by atoms with Crippen molar-refractivity contribution < 1.29 is 14.6 Å². The van der Waals surface area contributed by atoms with Crippen LogP contribution in [-0.2, 0) is 4.74 Å². The van der Waals surface area contributed by atoms with Gasteiger partial charge in [-0.2, -0.15) is 0 Å². The summed E-state index contributed by atoms with van der Waals surface area (Å²) in [6.07, 6.45) is 4.17. The van der Waals surface area contributed by atoms with Crippen LogP contribution in [0.15, 0.2) is 0 Å². The van der Waals surface area contributed by atoms with Gasteiger partial charge in [-0.05, 0) is 19.8 Å². The molecule has 0 aliphatic heterocycles. The Balaban J connectivity index is 3.19. The van der Waals surface area contributed by atoms with Crippen molar-refractivity contribution in [2.24, 2.45) is 0 Å². The van der Waals surface area contributed by atoms with Gasteiger partial charge in [0.05, 0.1) is 0 Å². The maximum Gasteiger partial charge on any atom is 0.506 e. The van der Waals surface area contributed by atoms with E-state index in [1.54, 1.807) is 6.92 Å². The van der Waals surface area contributed by atoms with E-state index in [9.17, 15) is 4.79 Å². The molecule has 0 aromatic heterocycles. The van der Waals surface area contributed by atoms with Crippen molar-refractivity contribution in [1.82, 2.24) is 0 Å². The van der Waals surface area contributed by atoms with Crippen molar-refractivity contribution >= 4 is 6.16 Å². The first-order valence-corrected chi connectivity index (χ1v) is 4.56. The summed E-state index contributed by atoms with van der Waals surface area (Å²) in [7, 11) is 0. The standard InChI is InChI=1S/C9H18O3/c1-3-4-5-6-7-8(2)12-9(10)11/h8H,3-7H2,1-2H3,(H,10,11). The zero-order chi connectivity index (χ0) is 9.40. The Morgan fingerprint density at radius 2 is 2.08 bits per heavy atom. The van der Waals surface area contributed by atoms with Crippen molar-refractivity contribution in [3.63, 3.8) is 0 Å². The van der Waals surface area contributed by atoms with Crippen molar-refractivity contribution in [2.75, 3.05) is 0 Å². The molecule has 0 fully saturated rings. The van der Waals surface area contributed by atoms with Crippen LogP contribution in [0.25, 0.3) is 0 Å². The van der Waals surface area contributed by atoms with Gasteiger partial charge in [-0.25, -0.2) is 4.79 Å². The van der Waals surface area contributed by atoms with Crippen LogP contribution in [0.4, 0.5) is 4.79 Å². The van der Waals surface area contributed by atoms with E-state index < -0.39 is 6.16 Å². The highest BCUT2D eigenvalue weighted by Gasteiger charge is 2.05. The molecule has 0 saturated carbocycles. The summed E-state index contributed by atoms with van der Waals surface area (Å²) >= 11 is 0. The molecule has 0 spiro atoms. The molecule has 0 amide bonds. The second-order valence-electron chi connectivity index (χ2n) is 3.04. The lowest BCUT2D eigenvalue weighted by atomic mass is 10.1. The summed E-state index contributed by atoms with van der Waals surface area (Å²) in [4.78, 5) is 10.1. The number of hydrogen-bond donors (Lipinski definition) is 1. The van der Waals surface area contributed by atoms with Gasteiger partial charge in [-0.3, -0.25) is 0 Å². The Bertz CT molecular complexity index is 123. The fourth-order valence-corrected chi connectivity index (χ4v) is 1.09. The maximum atomic E-state index is 10.1. The monoisotopic (exact) mass is 174 g/mol. The zero-order valence-corrected chi connectivity index (χ0v) is 7.88. The third kappa shape index (κ3) is 7.38. The smallest absolute Gasteiger partial charge is 0.450 e. The fraction of sp³-hybridized carbons (Fsp3) is 0.889. The van der Waals surface area contributed by atoms with Gasteiger partial charge in [0.25, 0.3) is 0 Å². The van der Waals surface area contributed by atoms with Gasteiger partial charge >= 0.3 is 6.16 Å². The summed E-state index contributed by atoms with van der Waals surface area (Å²) < 4.78 is 4.55. The molecule has 0 aliphatic rings. The number of carbonyl (C=O) groups is 1. The molecule has 1 N–H and O–H groups in total. The number of carboxylic acid groups (broad SMARTS) is 1. The first-order valence-electron chi connectivity index (χ1n) is 4.56. The molecule has 0 saturated heterocycles. The van der Waals surface area contributed by atoms with E-state index in [-0.39, 0.29) is 6.10 Å². The second-order valence-corrected chi connectivity index (χ2v) is 3.04. The van der Waals surface area contributed by atoms with E-state index in [0.29, 0.717) is 0 Å². The quantitative estimate of drug-likeness (QED) is 0.497. The largest absolute Gasteiger partial charge is 0.506 e. The number of rotatable bonds is 6. The molecule has 3 heteroatoms. The van der Waals surface area contributed by atoms with Gasteiger partial charge in [0.1, 0.15) is 6.10 Å². The molecule has 1 atom stereocenters. The van der Waals surface area contributed by atoms with E-state index in [1.165, 1.54) is 19.3 Å². The molecule has 12 heavy (non-hydrogen) atoms. The summed E-state index contributed by atoms with van der Waals surface area (Å²) in [6, 6.07) is 0. The van der Waals surface area contributed by atoms with Crippen molar-refractivity contribution in [1.29, 1.82) is 0 Å². The molecule has 0 aromatic rings. The van der Waals surface area contributed by atoms with Crippen LogP contribution in [0.1, 0.15) is 46.0 Å². The maximum absolute atomic E-state index is 10.1. The van der Waals surface area contributed by atoms with E-state index in [2.05, 4.69) is 11.7 Å². The number of ether oxygens (including phenoxy) is 1. The minimum absolute atomic E-state index is 0.153. The molecule has 0 radical (unpaired) electrons. The molecule has 72 valence electrons. The zero-order valence-electron chi connectivity index (χ0n) is 7.88. The van der Waals surface area contributed by atoms with Crippen LogP contribution in [0, 0.1) is 0 Å². The van der Waals surface area contributed by atoms with Crippen LogP contribution in [0.3, 0.4) is 0 Å². The Morgan fingerprint density at radius 1 is 1.42 bits per heavy atom. The molecule has 0 heterocycles. The van der Waals surface area contributed by atoms with E-state index >= 15 is 0 Å². The lowest BCUT2D eigenvalue weighted by Gasteiger charge is -2.09. The molecule has 3 nitrogen and oxygen atoms in total. The molecule has 0 rings (SSSR count). The lowest BCUT2D eigenvalue weighted by Crippen LogP contribution is -2.12. The van der Waals surface area contributed by atoms with Gasteiger partial charge in [-0.15, -0.1) is 0 Å². The third-order valence-corrected chi connectivity index (χ3v) is 1.77. The number of hydrogen-bond acceptors (Lipinski definition) is 2. The van der Waals surface area contributed by atoms with Crippen LogP contribution in [0.2, 0.25) is 0 Å². The topological polar surface area (TPSA) is 46.5 Å². The van der Waals surface area contributed by atoms with Crippen LogP contribution in [-0.4, -0.2) is 17.4 Å². The van der Waals surface area contributed by atoms with Crippen molar-refractivity contribution in [3.05, 3.63) is 0 Å². The van der Waals surface area contributed by atoms with E-state index in [4.69, 9.17) is 5.11 Å². The van der Waals surface area contributed by atoms with Crippen molar-refractivity contribution in [2.45, 2.75) is 52.1 Å². The van der Waals surface area contributed by atoms with Crippen LogP contribution in [0.5, 0.6) is 0 Å². The molecule has 1 unspecified atom stereocenters. The van der Waals surface area contributed by atoms with Crippen LogP contribution >= 0.6 is 0 Å². The van der Waals surface area contributed by atoms with E-state index in [0.717, 1.165) is 12.8 Å². The minimum atomic E-state index is -1.17. The van der Waals surface area contributed by atoms with Gasteiger partial charge in [0.15, 0.2) is 0 Å². The lowest BCUT2D eigenvalue weighted by molar-refractivity contribution is 0.0548. The minimum Gasteiger partial charge on any atom is -0.450 e. The van der Waals surface area contributed by atoms with E-state index in [1.807, 2.05) is 0 Å². The molecule has 0 bridgehead atoms. The highest BCUT2D eigenvalue weighted by atomic mass is 16.7. The normalized spacial score (nSPS) is 12.5. The Morgan fingerprint density at radius 3 is 2.58 bits per heavy atom. The second kappa shape index (κ2) is 6.95. The first-order chi connectivity index (χ1) is 5.66. The van der Waals surface area contributed by atoms with Gasteiger partial charge in [-0.1, -0.05) is 26.2 Å². The summed E-state index contributed by atoms with van der Waals surface area (Å²) in [5.41, 5.74) is 0. The average Bonchev–Trinajstić information content (AvgIpc) is 1.97. The highest BCUT2D eigenvalue weighted by Crippen LogP contribution is 2.07. The summed E-state index contributed by atoms with van der Waals surface area (Å²) in [5, 5.41) is 8.26. The molecular formula is C9H18O3. The fourth-order valence-electron chi connectivity index (χ4n) is 1.09. The predicted octanol–water partition coefficient (Wildman–Crippen LogP) is 3.04. The predicted molar refractivity (Wildman–Crippen MR) is 47.3 cm³/mol. The first kappa shape index (κ1) is 11.3. The third-order valence-electron chi connectivity index (χ3n) is 1.77. The number of unbranched alkanes of at least 4 members (excludes halogenated alkanes) is 3. The Labute approximate surface area is 73.7 Å².